The van der Waals surface area contributed by atoms with Crippen LogP contribution in [-0.4, -0.2) is 82.7 Å². The lowest BCUT2D eigenvalue weighted by Crippen LogP contribution is -2.64. The van der Waals surface area contributed by atoms with Gasteiger partial charge in [-0.2, -0.15) is 0 Å². The Balaban J connectivity index is 1.71. The van der Waals surface area contributed by atoms with E-state index in [-0.39, 0.29) is 43.8 Å². The van der Waals surface area contributed by atoms with Gasteiger partial charge in [0, 0.05) is 17.3 Å². The van der Waals surface area contributed by atoms with Crippen LogP contribution in [0, 0.1) is 28.6 Å². The molecule has 4 rings (SSSR count). The van der Waals surface area contributed by atoms with E-state index in [4.69, 9.17) is 0 Å². The van der Waals surface area contributed by atoms with Crippen LogP contribution in [-0.2, 0) is 4.79 Å². The van der Waals surface area contributed by atoms with E-state index < -0.39 is 63.9 Å². The highest BCUT2D eigenvalue weighted by Crippen LogP contribution is 2.68. The minimum Gasteiger partial charge on any atom is -0.390 e. The van der Waals surface area contributed by atoms with Crippen LogP contribution in [0.3, 0.4) is 0 Å². The van der Waals surface area contributed by atoms with Crippen molar-refractivity contribution >= 4 is 5.78 Å². The zero-order valence-electron chi connectivity index (χ0n) is 21.6. The molecule has 0 aromatic rings. The fourth-order valence-electron chi connectivity index (χ4n) is 8.32. The molecule has 11 atom stereocenters. The molecule has 0 aromatic carbocycles. The Morgan fingerprint density at radius 2 is 1.69 bits per heavy atom. The summed E-state index contributed by atoms with van der Waals surface area (Å²) in [5.74, 6) is -1.60. The molecule has 4 aliphatic rings. The number of aliphatic hydroxyl groups excluding tert-OH is 4. The number of hydrogen-bond acceptors (Lipinski definition) is 8. The van der Waals surface area contributed by atoms with Gasteiger partial charge in [-0.25, -0.2) is 0 Å². The van der Waals surface area contributed by atoms with Crippen molar-refractivity contribution in [2.75, 3.05) is 0 Å². The van der Waals surface area contributed by atoms with Crippen molar-refractivity contribution in [3.05, 3.63) is 11.6 Å². The Morgan fingerprint density at radius 3 is 2.29 bits per heavy atom. The van der Waals surface area contributed by atoms with Crippen molar-refractivity contribution < 1.29 is 40.5 Å². The third-order valence-electron chi connectivity index (χ3n) is 10.6. The molecule has 0 saturated heterocycles. The molecule has 35 heavy (non-hydrogen) atoms. The Bertz CT molecular complexity index is 892. The van der Waals surface area contributed by atoms with Crippen molar-refractivity contribution in [3.63, 3.8) is 0 Å². The normalized spacial score (nSPS) is 48.3. The van der Waals surface area contributed by atoms with E-state index in [0.717, 1.165) is 0 Å². The second-order valence-electron chi connectivity index (χ2n) is 13.3. The minimum atomic E-state index is -1.77. The number of allylic oxidation sites excluding steroid dienone is 1. The second-order valence-corrected chi connectivity index (χ2v) is 13.3. The van der Waals surface area contributed by atoms with Gasteiger partial charge < -0.3 is 35.7 Å². The molecule has 0 radical (unpaired) electrons. The molecule has 3 unspecified atom stereocenters. The van der Waals surface area contributed by atoms with Gasteiger partial charge in [0.1, 0.15) is 5.60 Å². The van der Waals surface area contributed by atoms with E-state index in [9.17, 15) is 40.5 Å². The lowest BCUT2D eigenvalue weighted by Gasteiger charge is -2.61. The molecular weight excluding hydrogens is 452 g/mol. The van der Waals surface area contributed by atoms with Crippen molar-refractivity contribution in [1.29, 1.82) is 0 Å². The van der Waals surface area contributed by atoms with Gasteiger partial charge in [0.05, 0.1) is 35.6 Å². The average molecular weight is 497 g/mol. The Morgan fingerprint density at radius 1 is 1.06 bits per heavy atom. The zero-order chi connectivity index (χ0) is 26.4. The van der Waals surface area contributed by atoms with Gasteiger partial charge in [-0.05, 0) is 88.7 Å². The molecule has 7 N–H and O–H groups in total. The fourth-order valence-corrected chi connectivity index (χ4v) is 8.32. The first-order valence-corrected chi connectivity index (χ1v) is 13.0. The van der Waals surface area contributed by atoms with Crippen LogP contribution < -0.4 is 0 Å². The average Bonchev–Trinajstić information content (AvgIpc) is 2.95. The van der Waals surface area contributed by atoms with Gasteiger partial charge in [-0.15, -0.1) is 0 Å². The number of ketones is 1. The quantitative estimate of drug-likeness (QED) is 0.295. The summed E-state index contributed by atoms with van der Waals surface area (Å²) in [4.78, 5) is 13.3. The van der Waals surface area contributed by atoms with Crippen LogP contribution in [0.25, 0.3) is 0 Å². The molecule has 8 nitrogen and oxygen atoms in total. The van der Waals surface area contributed by atoms with Crippen LogP contribution >= 0.6 is 0 Å². The van der Waals surface area contributed by atoms with E-state index in [2.05, 4.69) is 0 Å². The standard InChI is InChI=1S/C27H44O8/c1-23(2,33)8-7-21(31)26(5,34)20-12-22(32)27(35)15-10-17(28)16-11-18(29)19(30)13-24(16,3)14(15)6-9-25(20,27)4/h10,14,16,18-22,29-35H,6-9,11-13H2,1-5H3/t14?,16-,18+,19-,20+,21+,22?,24+,25+,26?,27-/m0/s1. The van der Waals surface area contributed by atoms with Gasteiger partial charge in [-0.1, -0.05) is 13.8 Å². The molecule has 0 amide bonds. The van der Waals surface area contributed by atoms with E-state index in [1.165, 1.54) is 13.0 Å². The van der Waals surface area contributed by atoms with Crippen LogP contribution in [0.4, 0.5) is 0 Å². The summed E-state index contributed by atoms with van der Waals surface area (Å²) in [5.41, 5.74) is -5.64. The monoisotopic (exact) mass is 496 g/mol. The van der Waals surface area contributed by atoms with Crippen molar-refractivity contribution in [2.24, 2.45) is 28.6 Å². The molecule has 4 aliphatic carbocycles. The molecule has 0 aliphatic heterocycles. The predicted molar refractivity (Wildman–Crippen MR) is 128 cm³/mol. The minimum absolute atomic E-state index is 0.0549. The van der Waals surface area contributed by atoms with Crippen LogP contribution in [0.15, 0.2) is 11.6 Å². The first-order chi connectivity index (χ1) is 15.9. The lowest BCUT2D eigenvalue weighted by molar-refractivity contribution is -0.185. The Kier molecular flexibility index (Phi) is 6.46. The summed E-state index contributed by atoms with van der Waals surface area (Å²) >= 11 is 0. The van der Waals surface area contributed by atoms with Gasteiger partial charge in [-0.3, -0.25) is 4.79 Å². The molecule has 0 spiro atoms. The summed E-state index contributed by atoms with van der Waals surface area (Å²) in [6.07, 6.45) is -0.977. The summed E-state index contributed by atoms with van der Waals surface area (Å²) in [6.45, 7) is 8.55. The van der Waals surface area contributed by atoms with Crippen LogP contribution in [0.5, 0.6) is 0 Å². The number of carbonyl (C=O) groups excluding carboxylic acids is 1. The molecule has 200 valence electrons. The SMILES string of the molecule is CC(C)(O)CC[C@@H](O)C(C)(O)[C@@H]1CC(O)[C@@]2(O)C3=CC(=O)[C@@H]4C[C@@H](O)[C@@H](O)C[C@]4(C)C3CC[C@]12C. The van der Waals surface area contributed by atoms with Crippen LogP contribution in [0.2, 0.25) is 0 Å². The third kappa shape index (κ3) is 3.87. The van der Waals surface area contributed by atoms with Crippen molar-refractivity contribution in [3.8, 4) is 0 Å². The molecule has 3 fully saturated rings. The van der Waals surface area contributed by atoms with Gasteiger partial charge in [0.15, 0.2) is 5.78 Å². The maximum absolute atomic E-state index is 13.3. The maximum Gasteiger partial charge on any atom is 0.159 e. The Hall–Kier alpha value is -0.870. The lowest BCUT2D eigenvalue weighted by atomic mass is 9.45. The second kappa shape index (κ2) is 8.32. The summed E-state index contributed by atoms with van der Waals surface area (Å²) < 4.78 is 0. The largest absolute Gasteiger partial charge is 0.390 e. The fraction of sp³-hybridized carbons (Fsp3) is 0.889. The molecule has 0 bridgehead atoms. The number of aliphatic hydroxyl groups is 7. The van der Waals surface area contributed by atoms with E-state index >= 15 is 0 Å². The highest BCUT2D eigenvalue weighted by atomic mass is 16.4. The molecule has 3 saturated carbocycles. The van der Waals surface area contributed by atoms with E-state index in [0.29, 0.717) is 18.4 Å². The van der Waals surface area contributed by atoms with Gasteiger partial charge in [0.2, 0.25) is 0 Å². The third-order valence-corrected chi connectivity index (χ3v) is 10.6. The molecule has 8 heteroatoms. The highest BCUT2D eigenvalue weighted by Gasteiger charge is 2.72. The van der Waals surface area contributed by atoms with E-state index in [1.807, 2.05) is 13.8 Å². The summed E-state index contributed by atoms with van der Waals surface area (Å²) in [6, 6.07) is 0. The number of carbonyl (C=O) groups is 1. The van der Waals surface area contributed by atoms with Gasteiger partial charge >= 0.3 is 0 Å². The van der Waals surface area contributed by atoms with Gasteiger partial charge in [0.25, 0.3) is 0 Å². The zero-order valence-corrected chi connectivity index (χ0v) is 21.6. The number of rotatable bonds is 5. The van der Waals surface area contributed by atoms with Crippen molar-refractivity contribution in [1.82, 2.24) is 0 Å². The van der Waals surface area contributed by atoms with Crippen molar-refractivity contribution in [2.45, 2.75) is 121 Å². The molecular formula is C27H44O8. The highest BCUT2D eigenvalue weighted by molar-refractivity contribution is 5.95. The number of hydrogen-bond donors (Lipinski definition) is 7. The van der Waals surface area contributed by atoms with E-state index in [1.54, 1.807) is 13.8 Å². The maximum atomic E-state index is 13.3. The van der Waals surface area contributed by atoms with Crippen LogP contribution in [0.1, 0.15) is 79.6 Å². The first kappa shape index (κ1) is 27.2. The summed E-state index contributed by atoms with van der Waals surface area (Å²) in [7, 11) is 0. The topological polar surface area (TPSA) is 159 Å². The first-order valence-electron chi connectivity index (χ1n) is 13.0. The molecule has 0 heterocycles. The molecule has 0 aromatic heterocycles. The summed E-state index contributed by atoms with van der Waals surface area (Å²) in [5, 5.41) is 76.8. The smallest absolute Gasteiger partial charge is 0.159 e. The Labute approximate surface area is 207 Å². The number of fused-ring (bicyclic) bond motifs is 5. The predicted octanol–water partition coefficient (Wildman–Crippen LogP) is 0.825.